The molecule has 0 aliphatic heterocycles. The summed E-state index contributed by atoms with van der Waals surface area (Å²) >= 11 is 9.21. The SMILES string of the molecule is CC(C)N(CCO)C(=O)c1cc(Cl)ccc1Br. The van der Waals surface area contributed by atoms with Crippen LogP contribution < -0.4 is 0 Å². The molecule has 1 rings (SSSR count). The Hall–Kier alpha value is -0.580. The molecule has 0 radical (unpaired) electrons. The van der Waals surface area contributed by atoms with Gasteiger partial charge in [-0.3, -0.25) is 4.79 Å². The molecule has 3 nitrogen and oxygen atoms in total. The second-order valence-corrected chi connectivity index (χ2v) is 5.23. The normalized spacial score (nSPS) is 10.7. The van der Waals surface area contributed by atoms with Crippen LogP contribution in [0, 0.1) is 0 Å². The smallest absolute Gasteiger partial charge is 0.255 e. The van der Waals surface area contributed by atoms with Gasteiger partial charge in [0.1, 0.15) is 0 Å². The third-order valence-electron chi connectivity index (χ3n) is 2.38. The zero-order chi connectivity index (χ0) is 13.0. The van der Waals surface area contributed by atoms with Crippen LogP contribution in [0.2, 0.25) is 5.02 Å². The van der Waals surface area contributed by atoms with E-state index in [2.05, 4.69) is 15.9 Å². The van der Waals surface area contributed by atoms with Crippen molar-refractivity contribution in [1.82, 2.24) is 4.90 Å². The average molecular weight is 321 g/mol. The summed E-state index contributed by atoms with van der Waals surface area (Å²) in [7, 11) is 0. The molecular formula is C12H15BrClNO2. The molecule has 0 saturated carbocycles. The highest BCUT2D eigenvalue weighted by Gasteiger charge is 2.20. The van der Waals surface area contributed by atoms with E-state index in [1.807, 2.05) is 13.8 Å². The molecule has 0 fully saturated rings. The highest BCUT2D eigenvalue weighted by atomic mass is 79.9. The van der Waals surface area contributed by atoms with Gasteiger partial charge in [-0.1, -0.05) is 11.6 Å². The van der Waals surface area contributed by atoms with E-state index in [1.54, 1.807) is 23.1 Å². The highest BCUT2D eigenvalue weighted by molar-refractivity contribution is 9.10. The fraction of sp³-hybridized carbons (Fsp3) is 0.417. The molecule has 0 spiro atoms. The zero-order valence-electron chi connectivity index (χ0n) is 9.78. The van der Waals surface area contributed by atoms with Crippen LogP contribution in [0.5, 0.6) is 0 Å². The van der Waals surface area contributed by atoms with Crippen molar-refractivity contribution >= 4 is 33.4 Å². The number of aliphatic hydroxyl groups excluding tert-OH is 1. The van der Waals surface area contributed by atoms with Gasteiger partial charge in [-0.05, 0) is 48.0 Å². The number of hydrogen-bond acceptors (Lipinski definition) is 2. The van der Waals surface area contributed by atoms with E-state index in [-0.39, 0.29) is 18.6 Å². The monoisotopic (exact) mass is 319 g/mol. The Kier molecular flexibility index (Phi) is 5.43. The summed E-state index contributed by atoms with van der Waals surface area (Å²) in [4.78, 5) is 13.9. The van der Waals surface area contributed by atoms with E-state index >= 15 is 0 Å². The van der Waals surface area contributed by atoms with Gasteiger partial charge in [-0.2, -0.15) is 0 Å². The Morgan fingerprint density at radius 1 is 1.53 bits per heavy atom. The van der Waals surface area contributed by atoms with Crippen molar-refractivity contribution in [3.05, 3.63) is 33.3 Å². The quantitative estimate of drug-likeness (QED) is 0.926. The summed E-state index contributed by atoms with van der Waals surface area (Å²) < 4.78 is 0.704. The largest absolute Gasteiger partial charge is 0.395 e. The van der Waals surface area contributed by atoms with Crippen LogP contribution in [-0.4, -0.2) is 35.1 Å². The minimum Gasteiger partial charge on any atom is -0.395 e. The molecule has 0 aromatic heterocycles. The van der Waals surface area contributed by atoms with Gasteiger partial charge >= 0.3 is 0 Å². The topological polar surface area (TPSA) is 40.5 Å². The molecule has 1 aromatic carbocycles. The lowest BCUT2D eigenvalue weighted by Crippen LogP contribution is -2.39. The van der Waals surface area contributed by atoms with Crippen molar-refractivity contribution in [3.63, 3.8) is 0 Å². The van der Waals surface area contributed by atoms with Crippen molar-refractivity contribution in [2.24, 2.45) is 0 Å². The molecule has 1 amide bonds. The third kappa shape index (κ3) is 3.69. The number of rotatable bonds is 4. The van der Waals surface area contributed by atoms with Gasteiger partial charge in [0.2, 0.25) is 0 Å². The molecule has 0 aliphatic carbocycles. The first-order valence-electron chi connectivity index (χ1n) is 5.34. The van der Waals surface area contributed by atoms with Gasteiger partial charge < -0.3 is 10.0 Å². The van der Waals surface area contributed by atoms with Gasteiger partial charge in [0.25, 0.3) is 5.91 Å². The van der Waals surface area contributed by atoms with Gasteiger partial charge in [-0.25, -0.2) is 0 Å². The molecule has 1 N–H and O–H groups in total. The first-order valence-corrected chi connectivity index (χ1v) is 6.51. The lowest BCUT2D eigenvalue weighted by molar-refractivity contribution is 0.0664. The van der Waals surface area contributed by atoms with Crippen LogP contribution in [0.3, 0.4) is 0 Å². The van der Waals surface area contributed by atoms with Crippen LogP contribution in [0.25, 0.3) is 0 Å². The number of hydrogen-bond donors (Lipinski definition) is 1. The van der Waals surface area contributed by atoms with Crippen LogP contribution in [0.4, 0.5) is 0 Å². The summed E-state index contributed by atoms with van der Waals surface area (Å²) in [5.74, 6) is -0.136. The number of benzene rings is 1. The maximum atomic E-state index is 12.3. The fourth-order valence-electron chi connectivity index (χ4n) is 1.52. The number of amides is 1. The summed E-state index contributed by atoms with van der Waals surface area (Å²) in [5, 5.41) is 9.49. The lowest BCUT2D eigenvalue weighted by Gasteiger charge is -2.26. The van der Waals surface area contributed by atoms with Crippen molar-refractivity contribution in [2.45, 2.75) is 19.9 Å². The summed E-state index contributed by atoms with van der Waals surface area (Å²) in [6.45, 7) is 4.08. The van der Waals surface area contributed by atoms with Gasteiger partial charge in [0.15, 0.2) is 0 Å². The van der Waals surface area contributed by atoms with Crippen LogP contribution >= 0.6 is 27.5 Å². The Bertz CT molecular complexity index is 409. The summed E-state index contributed by atoms with van der Waals surface area (Å²) in [6, 6.07) is 5.11. The Morgan fingerprint density at radius 2 is 2.18 bits per heavy atom. The van der Waals surface area contributed by atoms with E-state index in [4.69, 9.17) is 16.7 Å². The van der Waals surface area contributed by atoms with Crippen LogP contribution in [0.15, 0.2) is 22.7 Å². The molecule has 1 aromatic rings. The first kappa shape index (κ1) is 14.5. The fourth-order valence-corrected chi connectivity index (χ4v) is 2.11. The molecule has 17 heavy (non-hydrogen) atoms. The van der Waals surface area contributed by atoms with E-state index in [9.17, 15) is 4.79 Å². The van der Waals surface area contributed by atoms with Crippen molar-refractivity contribution < 1.29 is 9.90 Å². The standard InChI is InChI=1S/C12H15BrClNO2/c1-8(2)15(5-6-16)12(17)10-7-9(14)3-4-11(10)13/h3-4,7-8,16H,5-6H2,1-2H3. The first-order chi connectivity index (χ1) is 7.97. The number of nitrogens with zero attached hydrogens (tertiary/aromatic N) is 1. The van der Waals surface area contributed by atoms with Crippen LogP contribution in [0.1, 0.15) is 24.2 Å². The Balaban J connectivity index is 3.04. The van der Waals surface area contributed by atoms with Gasteiger partial charge in [-0.15, -0.1) is 0 Å². The average Bonchev–Trinajstić information content (AvgIpc) is 2.28. The predicted molar refractivity (Wildman–Crippen MR) is 72.4 cm³/mol. The molecule has 0 unspecified atom stereocenters. The Morgan fingerprint density at radius 3 is 2.71 bits per heavy atom. The molecule has 5 heteroatoms. The predicted octanol–water partition coefficient (Wildman–Crippen LogP) is 2.95. The van der Waals surface area contributed by atoms with E-state index in [0.717, 1.165) is 0 Å². The number of carbonyl (C=O) groups is 1. The lowest BCUT2D eigenvalue weighted by atomic mass is 10.1. The van der Waals surface area contributed by atoms with E-state index < -0.39 is 0 Å². The minimum absolute atomic E-state index is 0.0283. The maximum absolute atomic E-state index is 12.3. The Labute approximate surface area is 115 Å². The number of halogens is 2. The highest BCUT2D eigenvalue weighted by Crippen LogP contribution is 2.23. The van der Waals surface area contributed by atoms with Crippen molar-refractivity contribution in [3.8, 4) is 0 Å². The summed E-state index contributed by atoms with van der Waals surface area (Å²) in [5.41, 5.74) is 0.514. The zero-order valence-corrected chi connectivity index (χ0v) is 12.1. The van der Waals surface area contributed by atoms with E-state index in [1.165, 1.54) is 0 Å². The summed E-state index contributed by atoms with van der Waals surface area (Å²) in [6.07, 6.45) is 0. The van der Waals surface area contributed by atoms with Crippen LogP contribution in [-0.2, 0) is 0 Å². The molecule has 0 bridgehead atoms. The number of carbonyl (C=O) groups excluding carboxylic acids is 1. The maximum Gasteiger partial charge on any atom is 0.255 e. The van der Waals surface area contributed by atoms with Gasteiger partial charge in [0, 0.05) is 22.1 Å². The molecule has 94 valence electrons. The minimum atomic E-state index is -0.136. The third-order valence-corrected chi connectivity index (χ3v) is 3.31. The molecule has 0 saturated heterocycles. The molecule has 0 aliphatic rings. The molecule has 0 atom stereocenters. The van der Waals surface area contributed by atoms with Crippen molar-refractivity contribution in [2.75, 3.05) is 13.2 Å². The second kappa shape index (κ2) is 6.38. The number of aliphatic hydroxyl groups is 1. The second-order valence-electron chi connectivity index (χ2n) is 3.94. The molecule has 0 heterocycles. The van der Waals surface area contributed by atoms with E-state index in [0.29, 0.717) is 21.6 Å². The molecular weight excluding hydrogens is 305 g/mol. The van der Waals surface area contributed by atoms with Crippen molar-refractivity contribution in [1.29, 1.82) is 0 Å². The van der Waals surface area contributed by atoms with Gasteiger partial charge in [0.05, 0.1) is 12.2 Å².